The number of anilines is 2. The molecule has 2 atom stereocenters. The Labute approximate surface area is 171 Å². The Morgan fingerprint density at radius 1 is 1.31 bits per heavy atom. The molecule has 0 spiro atoms. The van der Waals surface area contributed by atoms with Crippen LogP contribution in [-0.2, 0) is 9.59 Å². The van der Waals surface area contributed by atoms with Gasteiger partial charge in [-0.05, 0) is 49.9 Å². The first-order valence-electron chi connectivity index (χ1n) is 10.0. The summed E-state index contributed by atoms with van der Waals surface area (Å²) in [5.41, 5.74) is 7.04. The molecule has 3 N–H and O–H groups in total. The quantitative estimate of drug-likeness (QED) is 0.750. The molecular weight excluding hydrogens is 368 g/mol. The lowest BCUT2D eigenvalue weighted by atomic mass is 9.97. The van der Waals surface area contributed by atoms with E-state index in [1.165, 1.54) is 0 Å². The van der Waals surface area contributed by atoms with E-state index in [1.807, 2.05) is 50.2 Å². The Balaban J connectivity index is 1.61. The molecule has 0 bridgehead atoms. The van der Waals surface area contributed by atoms with Gasteiger partial charge in [-0.25, -0.2) is 4.98 Å². The molecule has 2 amide bonds. The van der Waals surface area contributed by atoms with E-state index in [0.717, 1.165) is 30.8 Å². The van der Waals surface area contributed by atoms with Gasteiger partial charge in [0, 0.05) is 13.1 Å². The van der Waals surface area contributed by atoms with Crippen molar-refractivity contribution < 1.29 is 14.3 Å². The fourth-order valence-electron chi connectivity index (χ4n) is 3.45. The number of hydrogen-bond donors (Lipinski definition) is 2. The highest BCUT2D eigenvalue weighted by Gasteiger charge is 2.25. The van der Waals surface area contributed by atoms with Crippen molar-refractivity contribution in [2.45, 2.75) is 39.2 Å². The molecule has 3 rings (SSSR count). The van der Waals surface area contributed by atoms with Gasteiger partial charge in [0.2, 0.25) is 5.91 Å². The number of aryl methyl sites for hydroxylation is 1. The number of primary amides is 1. The average Bonchev–Trinajstić information content (AvgIpc) is 2.73. The monoisotopic (exact) mass is 396 g/mol. The number of nitrogens with one attached hydrogen (secondary N) is 1. The van der Waals surface area contributed by atoms with E-state index >= 15 is 0 Å². The Hall–Kier alpha value is -3.09. The molecule has 1 aliphatic heterocycles. The Morgan fingerprint density at radius 3 is 2.76 bits per heavy atom. The van der Waals surface area contributed by atoms with Crippen molar-refractivity contribution in [1.82, 2.24) is 4.98 Å². The van der Waals surface area contributed by atoms with Gasteiger partial charge in [-0.3, -0.25) is 9.59 Å². The predicted octanol–water partition coefficient (Wildman–Crippen LogP) is 2.89. The van der Waals surface area contributed by atoms with Crippen LogP contribution in [0.25, 0.3) is 0 Å². The molecule has 1 aliphatic rings. The SMILES string of the molecule is CC[C@H](Oc1ccccc1C)C(=O)Nc1ccc(N2CCC[C@H](C(N)=O)C2)nc1. The highest BCUT2D eigenvalue weighted by molar-refractivity contribution is 5.94. The molecule has 1 fully saturated rings. The minimum Gasteiger partial charge on any atom is -0.480 e. The highest BCUT2D eigenvalue weighted by Crippen LogP contribution is 2.23. The minimum atomic E-state index is -0.589. The highest BCUT2D eigenvalue weighted by atomic mass is 16.5. The number of ether oxygens (including phenoxy) is 1. The molecule has 0 aliphatic carbocycles. The lowest BCUT2D eigenvalue weighted by molar-refractivity contribution is -0.123. The zero-order valence-corrected chi connectivity index (χ0v) is 16.9. The van der Waals surface area contributed by atoms with Crippen LogP contribution < -0.4 is 20.7 Å². The Kier molecular flexibility index (Phi) is 6.69. The van der Waals surface area contributed by atoms with Crippen molar-refractivity contribution in [3.05, 3.63) is 48.2 Å². The van der Waals surface area contributed by atoms with E-state index in [1.54, 1.807) is 6.20 Å². The molecule has 29 heavy (non-hydrogen) atoms. The van der Waals surface area contributed by atoms with Crippen LogP contribution in [0.3, 0.4) is 0 Å². The number of nitrogens with two attached hydrogens (primary N) is 1. The molecule has 154 valence electrons. The Morgan fingerprint density at radius 2 is 2.10 bits per heavy atom. The van der Waals surface area contributed by atoms with Gasteiger partial charge >= 0.3 is 0 Å². The summed E-state index contributed by atoms with van der Waals surface area (Å²) in [6.07, 6.45) is 3.31. The summed E-state index contributed by atoms with van der Waals surface area (Å²) in [5.74, 6) is 0.859. The summed E-state index contributed by atoms with van der Waals surface area (Å²) in [5, 5.41) is 2.87. The number of piperidine rings is 1. The molecule has 7 nitrogen and oxygen atoms in total. The van der Waals surface area contributed by atoms with Gasteiger partial charge in [0.05, 0.1) is 17.8 Å². The van der Waals surface area contributed by atoms with E-state index in [2.05, 4.69) is 15.2 Å². The molecule has 0 saturated carbocycles. The molecule has 1 aromatic carbocycles. The smallest absolute Gasteiger partial charge is 0.265 e. The third-order valence-corrected chi connectivity index (χ3v) is 5.19. The van der Waals surface area contributed by atoms with Gasteiger partial charge in [-0.1, -0.05) is 25.1 Å². The van der Waals surface area contributed by atoms with Gasteiger partial charge in [0.1, 0.15) is 11.6 Å². The second-order valence-corrected chi connectivity index (χ2v) is 7.36. The summed E-state index contributed by atoms with van der Waals surface area (Å²) in [4.78, 5) is 30.6. The summed E-state index contributed by atoms with van der Waals surface area (Å²) >= 11 is 0. The fourth-order valence-corrected chi connectivity index (χ4v) is 3.45. The second kappa shape index (κ2) is 9.41. The maximum atomic E-state index is 12.6. The van der Waals surface area contributed by atoms with E-state index in [4.69, 9.17) is 10.5 Å². The normalized spacial score (nSPS) is 17.4. The number of aromatic nitrogens is 1. The largest absolute Gasteiger partial charge is 0.480 e. The summed E-state index contributed by atoms with van der Waals surface area (Å²) in [6.45, 7) is 5.28. The first-order valence-corrected chi connectivity index (χ1v) is 10.0. The van der Waals surface area contributed by atoms with E-state index in [-0.39, 0.29) is 17.7 Å². The summed E-state index contributed by atoms with van der Waals surface area (Å²) < 4.78 is 5.90. The molecule has 0 unspecified atom stereocenters. The summed E-state index contributed by atoms with van der Waals surface area (Å²) in [7, 11) is 0. The standard InChI is InChI=1S/C22H28N4O3/c1-3-18(29-19-9-5-4-7-15(19)2)22(28)25-17-10-11-20(24-13-17)26-12-6-8-16(14-26)21(23)27/h4-5,7,9-11,13,16,18H,3,6,8,12,14H2,1-2H3,(H2,23,27)(H,25,28)/t16-,18-/m0/s1. The van der Waals surface area contributed by atoms with Crippen LogP contribution in [0.1, 0.15) is 31.7 Å². The molecular formula is C22H28N4O3. The van der Waals surface area contributed by atoms with Gasteiger partial charge < -0.3 is 20.7 Å². The van der Waals surface area contributed by atoms with Crippen molar-refractivity contribution in [3.63, 3.8) is 0 Å². The van der Waals surface area contributed by atoms with Crippen LogP contribution >= 0.6 is 0 Å². The van der Waals surface area contributed by atoms with Gasteiger partial charge in [0.15, 0.2) is 6.10 Å². The molecule has 1 saturated heterocycles. The lowest BCUT2D eigenvalue weighted by Gasteiger charge is -2.32. The number of nitrogens with zero attached hydrogens (tertiary/aromatic N) is 2. The van der Waals surface area contributed by atoms with Crippen LogP contribution in [0.2, 0.25) is 0 Å². The first kappa shape index (κ1) is 20.6. The fraction of sp³-hybridized carbons (Fsp3) is 0.409. The maximum Gasteiger partial charge on any atom is 0.265 e. The Bertz CT molecular complexity index is 853. The second-order valence-electron chi connectivity index (χ2n) is 7.36. The number of amides is 2. The van der Waals surface area contributed by atoms with Gasteiger partial charge in [-0.15, -0.1) is 0 Å². The number of rotatable bonds is 7. The lowest BCUT2D eigenvalue weighted by Crippen LogP contribution is -2.41. The molecule has 2 aromatic rings. The number of carbonyl (C=O) groups is 2. The molecule has 1 aromatic heterocycles. The van der Waals surface area contributed by atoms with Crippen LogP contribution in [-0.4, -0.2) is 36.0 Å². The molecule has 0 radical (unpaired) electrons. The predicted molar refractivity (Wildman–Crippen MR) is 113 cm³/mol. The number of hydrogen-bond acceptors (Lipinski definition) is 5. The average molecular weight is 396 g/mol. The van der Waals surface area contributed by atoms with Crippen molar-refractivity contribution in [2.75, 3.05) is 23.3 Å². The van der Waals surface area contributed by atoms with Crippen LogP contribution in [0.5, 0.6) is 5.75 Å². The zero-order valence-electron chi connectivity index (χ0n) is 16.9. The van der Waals surface area contributed by atoms with E-state index in [0.29, 0.717) is 24.4 Å². The minimum absolute atomic E-state index is 0.145. The van der Waals surface area contributed by atoms with Crippen LogP contribution in [0, 0.1) is 12.8 Å². The van der Waals surface area contributed by atoms with E-state index in [9.17, 15) is 9.59 Å². The number of pyridine rings is 1. The third-order valence-electron chi connectivity index (χ3n) is 5.19. The van der Waals surface area contributed by atoms with Gasteiger partial charge in [-0.2, -0.15) is 0 Å². The zero-order chi connectivity index (χ0) is 20.8. The first-order chi connectivity index (χ1) is 14.0. The van der Waals surface area contributed by atoms with Crippen molar-refractivity contribution >= 4 is 23.3 Å². The number of carbonyl (C=O) groups excluding carboxylic acids is 2. The third kappa shape index (κ3) is 5.25. The topological polar surface area (TPSA) is 97.5 Å². The van der Waals surface area contributed by atoms with Crippen molar-refractivity contribution in [1.29, 1.82) is 0 Å². The van der Waals surface area contributed by atoms with Gasteiger partial charge in [0.25, 0.3) is 5.91 Å². The van der Waals surface area contributed by atoms with Crippen LogP contribution in [0.15, 0.2) is 42.6 Å². The summed E-state index contributed by atoms with van der Waals surface area (Å²) in [6, 6.07) is 11.3. The van der Waals surface area contributed by atoms with E-state index < -0.39 is 6.10 Å². The number of para-hydroxylation sites is 1. The molecule has 2 heterocycles. The molecule has 7 heteroatoms. The maximum absolute atomic E-state index is 12.6. The van der Waals surface area contributed by atoms with Crippen molar-refractivity contribution in [3.8, 4) is 5.75 Å². The van der Waals surface area contributed by atoms with Crippen molar-refractivity contribution in [2.24, 2.45) is 11.7 Å². The van der Waals surface area contributed by atoms with Crippen LogP contribution in [0.4, 0.5) is 11.5 Å². The number of benzene rings is 1.